The summed E-state index contributed by atoms with van der Waals surface area (Å²) in [5.41, 5.74) is 0.745. The van der Waals surface area contributed by atoms with E-state index in [0.29, 0.717) is 0 Å². The van der Waals surface area contributed by atoms with Gasteiger partial charge in [0.2, 0.25) is 0 Å². The molecule has 2 heterocycles. The third kappa shape index (κ3) is 0.823. The van der Waals surface area contributed by atoms with Crippen molar-refractivity contribution in [1.82, 2.24) is 9.97 Å². The van der Waals surface area contributed by atoms with Crippen molar-refractivity contribution in [2.45, 2.75) is 0 Å². The first-order valence-corrected chi connectivity index (χ1v) is 3.56. The van der Waals surface area contributed by atoms with Crippen LogP contribution in [0.3, 0.4) is 0 Å². The van der Waals surface area contributed by atoms with Crippen molar-refractivity contribution < 1.29 is 4.42 Å². The molecular formula is C6H3N2OS. The minimum absolute atomic E-state index is 0.745. The monoisotopic (exact) mass is 151 g/mol. The number of oxazole rings is 1. The predicted octanol–water partition coefficient (Wildman–Crippen LogP) is 1.60. The van der Waals surface area contributed by atoms with Gasteiger partial charge in [0.25, 0.3) is 6.39 Å². The zero-order valence-corrected chi connectivity index (χ0v) is 5.76. The van der Waals surface area contributed by atoms with Crippen molar-refractivity contribution in [2.75, 3.05) is 0 Å². The summed E-state index contributed by atoms with van der Waals surface area (Å²) in [4.78, 5) is 7.85. The van der Waals surface area contributed by atoms with Crippen LogP contribution in [0.2, 0.25) is 0 Å². The molecule has 0 aliphatic rings. The highest BCUT2D eigenvalue weighted by atomic mass is 32.1. The predicted molar refractivity (Wildman–Crippen MR) is 36.4 cm³/mol. The van der Waals surface area contributed by atoms with Crippen LogP contribution in [0.5, 0.6) is 0 Å². The van der Waals surface area contributed by atoms with E-state index in [1.54, 1.807) is 6.20 Å². The molecule has 4 heteroatoms. The zero-order valence-electron chi connectivity index (χ0n) is 4.94. The van der Waals surface area contributed by atoms with Crippen molar-refractivity contribution in [3.05, 3.63) is 24.2 Å². The van der Waals surface area contributed by atoms with Crippen molar-refractivity contribution in [3.63, 3.8) is 0 Å². The maximum Gasteiger partial charge on any atom is 0.284 e. The first kappa shape index (κ1) is 5.61. The van der Waals surface area contributed by atoms with Gasteiger partial charge >= 0.3 is 0 Å². The second-order valence-electron chi connectivity index (χ2n) is 1.66. The first-order chi connectivity index (χ1) is 4.97. The second kappa shape index (κ2) is 2.22. The average Bonchev–Trinajstić information content (AvgIpc) is 2.59. The zero-order chi connectivity index (χ0) is 6.81. The van der Waals surface area contributed by atoms with Crippen molar-refractivity contribution in [2.24, 2.45) is 0 Å². The molecule has 0 N–H and O–H groups in total. The van der Waals surface area contributed by atoms with Gasteiger partial charge < -0.3 is 4.42 Å². The van der Waals surface area contributed by atoms with Crippen LogP contribution in [0.15, 0.2) is 22.3 Å². The summed E-state index contributed by atoms with van der Waals surface area (Å²) in [6, 6.07) is 0. The Balaban J connectivity index is 2.48. The summed E-state index contributed by atoms with van der Waals surface area (Å²) in [5.74, 6) is 0. The molecule has 0 saturated carbocycles. The number of hydrogen-bond acceptors (Lipinski definition) is 4. The topological polar surface area (TPSA) is 38.9 Å². The fourth-order valence-corrected chi connectivity index (χ4v) is 1.22. The number of rotatable bonds is 1. The highest BCUT2D eigenvalue weighted by molar-refractivity contribution is 7.13. The van der Waals surface area contributed by atoms with E-state index < -0.39 is 0 Å². The Labute approximate surface area is 61.4 Å². The third-order valence-electron chi connectivity index (χ3n) is 1.04. The Bertz CT molecular complexity index is 255. The average molecular weight is 151 g/mol. The molecule has 1 radical (unpaired) electrons. The van der Waals surface area contributed by atoms with Crippen LogP contribution in [0.1, 0.15) is 0 Å². The van der Waals surface area contributed by atoms with Gasteiger partial charge in [-0.1, -0.05) is 0 Å². The van der Waals surface area contributed by atoms with Gasteiger partial charge in [-0.05, 0) is 0 Å². The Hall–Kier alpha value is -1.16. The molecule has 0 fully saturated rings. The SMILES string of the molecule is [c]1nc(-c2nccs2)co1. The van der Waals surface area contributed by atoms with E-state index in [9.17, 15) is 0 Å². The van der Waals surface area contributed by atoms with Crippen molar-refractivity contribution >= 4 is 11.3 Å². The van der Waals surface area contributed by atoms with Crippen LogP contribution in [-0.4, -0.2) is 9.97 Å². The lowest BCUT2D eigenvalue weighted by Gasteiger charge is -1.80. The number of nitrogens with zero attached hydrogens (tertiary/aromatic N) is 2. The maximum absolute atomic E-state index is 4.67. The van der Waals surface area contributed by atoms with Gasteiger partial charge in [-0.25, -0.2) is 9.97 Å². The van der Waals surface area contributed by atoms with Crippen LogP contribution in [0.4, 0.5) is 0 Å². The molecule has 0 atom stereocenters. The van der Waals surface area contributed by atoms with Gasteiger partial charge in [0, 0.05) is 11.6 Å². The molecule has 0 amide bonds. The Morgan fingerprint density at radius 1 is 1.60 bits per heavy atom. The number of hydrogen-bond donors (Lipinski definition) is 0. The molecule has 2 aromatic rings. The normalized spacial score (nSPS) is 10.0. The lowest BCUT2D eigenvalue weighted by Crippen LogP contribution is -1.71. The first-order valence-electron chi connectivity index (χ1n) is 2.68. The molecule has 49 valence electrons. The molecule has 10 heavy (non-hydrogen) atoms. The minimum atomic E-state index is 0.745. The molecule has 0 aliphatic carbocycles. The summed E-state index contributed by atoms with van der Waals surface area (Å²) in [6.07, 6.45) is 5.62. The fraction of sp³-hybridized carbons (Fsp3) is 0. The standard InChI is InChI=1S/C6H3N2OS/c1-2-10-6(7-1)5-3-9-4-8-5/h1-3H. The van der Waals surface area contributed by atoms with E-state index in [0.717, 1.165) is 10.7 Å². The number of aromatic nitrogens is 2. The summed E-state index contributed by atoms with van der Waals surface area (Å²) < 4.78 is 4.67. The Kier molecular flexibility index (Phi) is 1.25. The Morgan fingerprint density at radius 2 is 2.60 bits per heavy atom. The highest BCUT2D eigenvalue weighted by Gasteiger charge is 2.01. The Morgan fingerprint density at radius 3 is 3.20 bits per heavy atom. The van der Waals surface area contributed by atoms with Gasteiger partial charge in [0.1, 0.15) is 17.0 Å². The van der Waals surface area contributed by atoms with Gasteiger partial charge in [-0.15, -0.1) is 11.3 Å². The quantitative estimate of drug-likeness (QED) is 0.621. The summed E-state index contributed by atoms with van der Waals surface area (Å²) >= 11 is 1.53. The molecule has 0 bridgehead atoms. The molecule has 2 aromatic heterocycles. The van der Waals surface area contributed by atoms with E-state index in [1.165, 1.54) is 17.6 Å². The molecule has 0 unspecified atom stereocenters. The molecular weight excluding hydrogens is 148 g/mol. The smallest absolute Gasteiger partial charge is 0.284 e. The molecule has 0 spiro atoms. The van der Waals surface area contributed by atoms with Gasteiger partial charge in [-0.3, -0.25) is 0 Å². The second-order valence-corrected chi connectivity index (χ2v) is 2.56. The largest absolute Gasteiger partial charge is 0.440 e. The molecule has 0 aromatic carbocycles. The van der Waals surface area contributed by atoms with Crippen LogP contribution in [0, 0.1) is 6.39 Å². The molecule has 2 rings (SSSR count). The third-order valence-corrected chi connectivity index (χ3v) is 1.84. The summed E-state index contributed by atoms with van der Waals surface area (Å²) in [5, 5.41) is 2.76. The molecule has 3 nitrogen and oxygen atoms in total. The summed E-state index contributed by atoms with van der Waals surface area (Å²) in [7, 11) is 0. The van der Waals surface area contributed by atoms with Crippen LogP contribution in [-0.2, 0) is 0 Å². The molecule has 0 aliphatic heterocycles. The molecule has 0 saturated heterocycles. The lowest BCUT2D eigenvalue weighted by atomic mass is 10.5. The summed E-state index contributed by atoms with van der Waals surface area (Å²) in [6.45, 7) is 0. The van der Waals surface area contributed by atoms with Gasteiger partial charge in [0.15, 0.2) is 0 Å². The number of thiazole rings is 1. The minimum Gasteiger partial charge on any atom is -0.440 e. The fourth-order valence-electron chi connectivity index (χ4n) is 0.632. The van der Waals surface area contributed by atoms with E-state index in [4.69, 9.17) is 0 Å². The van der Waals surface area contributed by atoms with Crippen molar-refractivity contribution in [3.8, 4) is 10.7 Å². The van der Waals surface area contributed by atoms with E-state index in [-0.39, 0.29) is 0 Å². The van der Waals surface area contributed by atoms with Crippen LogP contribution in [0.25, 0.3) is 10.7 Å². The van der Waals surface area contributed by atoms with Gasteiger partial charge in [-0.2, -0.15) is 0 Å². The van der Waals surface area contributed by atoms with Gasteiger partial charge in [0.05, 0.1) is 0 Å². The van der Waals surface area contributed by atoms with Crippen molar-refractivity contribution in [1.29, 1.82) is 0 Å². The van der Waals surface area contributed by atoms with Crippen LogP contribution >= 0.6 is 11.3 Å². The van der Waals surface area contributed by atoms with E-state index in [1.807, 2.05) is 5.38 Å². The van der Waals surface area contributed by atoms with E-state index >= 15 is 0 Å². The van der Waals surface area contributed by atoms with E-state index in [2.05, 4.69) is 20.8 Å². The maximum atomic E-state index is 4.67. The lowest BCUT2D eigenvalue weighted by molar-refractivity contribution is 0.548. The van der Waals surface area contributed by atoms with Crippen LogP contribution < -0.4 is 0 Å². The highest BCUT2D eigenvalue weighted by Crippen LogP contribution is 2.18.